The van der Waals surface area contributed by atoms with Crippen LogP contribution in [0, 0.1) is 0 Å². The summed E-state index contributed by atoms with van der Waals surface area (Å²) >= 11 is 5.79. The van der Waals surface area contributed by atoms with Crippen LogP contribution in [0.3, 0.4) is 0 Å². The minimum atomic E-state index is -3.57. The van der Waals surface area contributed by atoms with E-state index >= 15 is 0 Å². The van der Waals surface area contributed by atoms with Crippen LogP contribution in [0.4, 0.5) is 5.13 Å². The second-order valence-electron chi connectivity index (χ2n) is 4.30. The van der Waals surface area contributed by atoms with E-state index in [-0.39, 0.29) is 4.21 Å². The second kappa shape index (κ2) is 6.07. The quantitative estimate of drug-likeness (QED) is 0.648. The van der Waals surface area contributed by atoms with Crippen molar-refractivity contribution in [1.82, 2.24) is 10.2 Å². The van der Waals surface area contributed by atoms with E-state index in [1.807, 2.05) is 24.3 Å². The Balaban J connectivity index is 1.92. The molecular formula is C13H10BrN3O2S3. The standard InChI is InChI=1S/C13H10BrN3O2S3/c1-17(22(18,19)11-3-2-8-20-11)13-16-15-12(21-13)9-4-6-10(14)7-5-9/h2-8H,1H3. The van der Waals surface area contributed by atoms with E-state index in [0.717, 1.165) is 10.0 Å². The van der Waals surface area contributed by atoms with E-state index in [9.17, 15) is 8.42 Å². The first-order valence-electron chi connectivity index (χ1n) is 6.10. The summed E-state index contributed by atoms with van der Waals surface area (Å²) < 4.78 is 27.3. The van der Waals surface area contributed by atoms with Gasteiger partial charge in [-0.25, -0.2) is 12.7 Å². The molecule has 0 bridgehead atoms. The molecule has 0 aliphatic carbocycles. The van der Waals surface area contributed by atoms with Gasteiger partial charge in [0.1, 0.15) is 9.22 Å². The van der Waals surface area contributed by atoms with Crippen molar-refractivity contribution in [3.8, 4) is 10.6 Å². The molecule has 5 nitrogen and oxygen atoms in total. The molecule has 0 unspecified atom stereocenters. The molecule has 3 aromatic rings. The van der Waals surface area contributed by atoms with E-state index in [1.54, 1.807) is 17.5 Å². The third-order valence-corrected chi connectivity index (χ3v) is 7.70. The SMILES string of the molecule is CN(c1nnc(-c2ccc(Br)cc2)s1)S(=O)(=O)c1cccs1. The molecule has 1 aromatic carbocycles. The maximum absolute atomic E-state index is 12.5. The van der Waals surface area contributed by atoms with E-state index in [2.05, 4.69) is 26.1 Å². The van der Waals surface area contributed by atoms with Crippen LogP contribution in [0.5, 0.6) is 0 Å². The van der Waals surface area contributed by atoms with Crippen molar-refractivity contribution in [3.05, 3.63) is 46.3 Å². The molecule has 0 saturated heterocycles. The predicted molar refractivity (Wildman–Crippen MR) is 93.0 cm³/mol. The summed E-state index contributed by atoms with van der Waals surface area (Å²) in [6, 6.07) is 10.9. The Kier molecular flexibility index (Phi) is 4.31. The maximum Gasteiger partial charge on any atom is 0.275 e. The van der Waals surface area contributed by atoms with Crippen molar-refractivity contribution in [1.29, 1.82) is 0 Å². The summed E-state index contributed by atoms with van der Waals surface area (Å²) in [5, 5.41) is 10.8. The van der Waals surface area contributed by atoms with Crippen molar-refractivity contribution in [3.63, 3.8) is 0 Å². The van der Waals surface area contributed by atoms with Gasteiger partial charge in [0.25, 0.3) is 10.0 Å². The third kappa shape index (κ3) is 2.94. The summed E-state index contributed by atoms with van der Waals surface area (Å²) in [7, 11) is -2.08. The topological polar surface area (TPSA) is 63.2 Å². The molecule has 114 valence electrons. The summed E-state index contributed by atoms with van der Waals surface area (Å²) in [4.78, 5) is 0. The molecular weight excluding hydrogens is 406 g/mol. The monoisotopic (exact) mass is 415 g/mol. The summed E-state index contributed by atoms with van der Waals surface area (Å²) in [5.74, 6) is 0. The zero-order valence-corrected chi connectivity index (χ0v) is 15.3. The number of nitrogens with zero attached hydrogens (tertiary/aromatic N) is 3. The number of anilines is 1. The fraction of sp³-hybridized carbons (Fsp3) is 0.0769. The molecule has 0 saturated carbocycles. The van der Waals surface area contributed by atoms with Gasteiger partial charge in [-0.1, -0.05) is 45.5 Å². The highest BCUT2D eigenvalue weighted by atomic mass is 79.9. The van der Waals surface area contributed by atoms with Crippen molar-refractivity contribution in [2.24, 2.45) is 0 Å². The van der Waals surface area contributed by atoms with Gasteiger partial charge in [0.05, 0.1) is 0 Å². The molecule has 0 radical (unpaired) electrons. The van der Waals surface area contributed by atoms with Crippen molar-refractivity contribution in [2.75, 3.05) is 11.4 Å². The average Bonchev–Trinajstić information content (AvgIpc) is 3.19. The summed E-state index contributed by atoms with van der Waals surface area (Å²) in [5.41, 5.74) is 0.897. The Hall–Kier alpha value is -1.29. The van der Waals surface area contributed by atoms with Gasteiger partial charge >= 0.3 is 0 Å². The first-order chi connectivity index (χ1) is 10.5. The molecule has 0 fully saturated rings. The Morgan fingerprint density at radius 1 is 1.14 bits per heavy atom. The van der Waals surface area contributed by atoms with Crippen LogP contribution in [-0.2, 0) is 10.0 Å². The van der Waals surface area contributed by atoms with Crippen molar-refractivity contribution < 1.29 is 8.42 Å². The minimum Gasteiger partial charge on any atom is -0.242 e. The van der Waals surface area contributed by atoms with Crippen LogP contribution in [0.25, 0.3) is 10.6 Å². The number of benzene rings is 1. The average molecular weight is 416 g/mol. The Labute approximate surface area is 144 Å². The number of aromatic nitrogens is 2. The predicted octanol–water partition coefficient (Wildman–Crippen LogP) is 3.85. The zero-order valence-electron chi connectivity index (χ0n) is 11.3. The highest BCUT2D eigenvalue weighted by Gasteiger charge is 2.25. The molecule has 3 rings (SSSR count). The lowest BCUT2D eigenvalue weighted by Crippen LogP contribution is -2.25. The van der Waals surface area contributed by atoms with Crippen LogP contribution in [0.1, 0.15) is 0 Å². The van der Waals surface area contributed by atoms with Gasteiger partial charge in [-0.05, 0) is 23.6 Å². The van der Waals surface area contributed by atoms with E-state index in [0.29, 0.717) is 10.1 Å². The molecule has 2 heterocycles. The van der Waals surface area contributed by atoms with Gasteiger partial charge in [-0.15, -0.1) is 21.5 Å². The number of sulfonamides is 1. The highest BCUT2D eigenvalue weighted by molar-refractivity contribution is 9.10. The first kappa shape index (κ1) is 15.6. The second-order valence-corrected chi connectivity index (χ2v) is 9.32. The van der Waals surface area contributed by atoms with Gasteiger partial charge in [0.2, 0.25) is 5.13 Å². The molecule has 0 aliphatic rings. The fourth-order valence-corrected chi connectivity index (χ4v) is 5.29. The van der Waals surface area contributed by atoms with Crippen LogP contribution < -0.4 is 4.31 Å². The molecule has 22 heavy (non-hydrogen) atoms. The third-order valence-electron chi connectivity index (χ3n) is 2.88. The van der Waals surface area contributed by atoms with E-state index in [1.165, 1.54) is 34.0 Å². The normalized spacial score (nSPS) is 11.5. The molecule has 0 aliphatic heterocycles. The lowest BCUT2D eigenvalue weighted by molar-refractivity contribution is 0.596. The molecule has 0 atom stereocenters. The van der Waals surface area contributed by atoms with Gasteiger partial charge in [0, 0.05) is 17.1 Å². The van der Waals surface area contributed by atoms with Crippen LogP contribution in [0.2, 0.25) is 0 Å². The van der Waals surface area contributed by atoms with Crippen molar-refractivity contribution in [2.45, 2.75) is 4.21 Å². The molecule has 0 amide bonds. The Morgan fingerprint density at radius 2 is 1.86 bits per heavy atom. The van der Waals surface area contributed by atoms with Crippen molar-refractivity contribution >= 4 is 53.8 Å². The highest BCUT2D eigenvalue weighted by Crippen LogP contribution is 2.32. The summed E-state index contributed by atoms with van der Waals surface area (Å²) in [6.07, 6.45) is 0. The Bertz CT molecular complexity index is 874. The van der Waals surface area contributed by atoms with E-state index < -0.39 is 10.0 Å². The summed E-state index contributed by atoms with van der Waals surface area (Å²) in [6.45, 7) is 0. The number of hydrogen-bond acceptors (Lipinski definition) is 6. The zero-order chi connectivity index (χ0) is 15.7. The Morgan fingerprint density at radius 3 is 2.50 bits per heavy atom. The lowest BCUT2D eigenvalue weighted by atomic mass is 10.2. The van der Waals surface area contributed by atoms with Crippen LogP contribution in [0.15, 0.2) is 50.5 Å². The van der Waals surface area contributed by atoms with Gasteiger partial charge in [0.15, 0.2) is 0 Å². The first-order valence-corrected chi connectivity index (χ1v) is 10.0. The number of halogens is 1. The van der Waals surface area contributed by atoms with Gasteiger partial charge in [-0.2, -0.15) is 0 Å². The minimum absolute atomic E-state index is 0.287. The molecule has 0 N–H and O–H groups in total. The van der Waals surface area contributed by atoms with Crippen LogP contribution in [-0.4, -0.2) is 25.7 Å². The van der Waals surface area contributed by atoms with Gasteiger partial charge in [-0.3, -0.25) is 0 Å². The van der Waals surface area contributed by atoms with Crippen LogP contribution >= 0.6 is 38.6 Å². The molecule has 2 aromatic heterocycles. The number of hydrogen-bond donors (Lipinski definition) is 0. The van der Waals surface area contributed by atoms with E-state index in [4.69, 9.17) is 0 Å². The number of thiophene rings is 1. The molecule has 0 spiro atoms. The number of rotatable bonds is 4. The van der Waals surface area contributed by atoms with Gasteiger partial charge < -0.3 is 0 Å². The largest absolute Gasteiger partial charge is 0.275 e. The smallest absolute Gasteiger partial charge is 0.242 e. The molecule has 9 heteroatoms. The fourth-order valence-electron chi connectivity index (χ4n) is 1.70. The lowest BCUT2D eigenvalue weighted by Gasteiger charge is -2.13. The maximum atomic E-state index is 12.5.